The van der Waals surface area contributed by atoms with E-state index in [-0.39, 0.29) is 22.9 Å². The van der Waals surface area contributed by atoms with Crippen molar-refractivity contribution in [3.8, 4) is 11.8 Å². The molecule has 0 aliphatic carbocycles. The maximum absolute atomic E-state index is 14.3. The fourth-order valence-electron chi connectivity index (χ4n) is 3.44. The second kappa shape index (κ2) is 9.91. The standard InChI is InChI=1S/C25H13BrF5N3O2/c1-12-17(25(35)34(33-12)24-22(30)20(28)19(27)21(29)23(24)31)9-15-8-16(26)6-7-18(15)36-11-14-5-3-2-4-13(14)10-32/h2-9H,11H2,1H3/b17-9-. The van der Waals surface area contributed by atoms with Gasteiger partial charge in [-0.3, -0.25) is 4.79 Å². The Kier molecular flexibility index (Phi) is 6.90. The lowest BCUT2D eigenvalue weighted by atomic mass is 10.1. The SMILES string of the molecule is CC1=NN(c2c(F)c(F)c(F)c(F)c2F)C(=O)/C1=C\c1cc(Br)ccc1OCc1ccccc1C#N. The molecule has 182 valence electrons. The molecule has 11 heteroatoms. The number of carbonyl (C=O) groups excluding carboxylic acids is 1. The van der Waals surface area contributed by atoms with Crippen molar-refractivity contribution in [1.29, 1.82) is 5.26 Å². The van der Waals surface area contributed by atoms with Gasteiger partial charge in [0.1, 0.15) is 18.0 Å². The van der Waals surface area contributed by atoms with Gasteiger partial charge in [-0.1, -0.05) is 34.1 Å². The van der Waals surface area contributed by atoms with Crippen LogP contribution in [0.5, 0.6) is 5.75 Å². The molecule has 1 aliphatic rings. The average Bonchev–Trinajstić information content (AvgIpc) is 3.14. The summed E-state index contributed by atoms with van der Waals surface area (Å²) < 4.78 is 75.9. The van der Waals surface area contributed by atoms with Gasteiger partial charge in [-0.25, -0.2) is 22.0 Å². The van der Waals surface area contributed by atoms with Gasteiger partial charge in [0, 0.05) is 15.6 Å². The van der Waals surface area contributed by atoms with Gasteiger partial charge in [0.25, 0.3) is 5.91 Å². The smallest absolute Gasteiger partial charge is 0.280 e. The van der Waals surface area contributed by atoms with Crippen molar-refractivity contribution in [3.63, 3.8) is 0 Å². The van der Waals surface area contributed by atoms with Crippen LogP contribution in [0.25, 0.3) is 6.08 Å². The maximum Gasteiger partial charge on any atom is 0.280 e. The van der Waals surface area contributed by atoms with E-state index in [4.69, 9.17) is 4.74 Å². The third kappa shape index (κ3) is 4.47. The zero-order chi connectivity index (χ0) is 26.1. The highest BCUT2D eigenvalue weighted by molar-refractivity contribution is 9.10. The number of carbonyl (C=O) groups is 1. The maximum atomic E-state index is 14.3. The predicted octanol–water partition coefficient (Wildman–Crippen LogP) is 6.40. The molecule has 36 heavy (non-hydrogen) atoms. The number of ether oxygens (including phenoxy) is 1. The molecule has 0 radical (unpaired) electrons. The van der Waals surface area contributed by atoms with Gasteiger partial charge in [0.05, 0.1) is 22.9 Å². The molecule has 1 heterocycles. The van der Waals surface area contributed by atoms with E-state index in [0.717, 1.165) is 0 Å². The van der Waals surface area contributed by atoms with E-state index >= 15 is 0 Å². The summed E-state index contributed by atoms with van der Waals surface area (Å²) in [5.41, 5.74) is -0.256. The molecule has 0 saturated carbocycles. The zero-order valence-corrected chi connectivity index (χ0v) is 19.8. The summed E-state index contributed by atoms with van der Waals surface area (Å²) in [6.07, 6.45) is 1.32. The van der Waals surface area contributed by atoms with Gasteiger partial charge in [-0.15, -0.1) is 0 Å². The Bertz CT molecular complexity index is 1490. The van der Waals surface area contributed by atoms with Crippen molar-refractivity contribution in [1.82, 2.24) is 0 Å². The van der Waals surface area contributed by atoms with E-state index in [1.807, 2.05) is 0 Å². The molecule has 5 nitrogen and oxygen atoms in total. The Labute approximate surface area is 209 Å². The second-order valence-electron chi connectivity index (χ2n) is 7.52. The van der Waals surface area contributed by atoms with Gasteiger partial charge in [0.15, 0.2) is 23.3 Å². The van der Waals surface area contributed by atoms with Crippen LogP contribution < -0.4 is 9.75 Å². The van der Waals surface area contributed by atoms with Crippen LogP contribution in [0, 0.1) is 40.4 Å². The van der Waals surface area contributed by atoms with Crippen LogP contribution in [-0.2, 0) is 11.4 Å². The molecule has 0 atom stereocenters. The van der Waals surface area contributed by atoms with Crippen molar-refractivity contribution in [2.24, 2.45) is 5.10 Å². The normalized spacial score (nSPS) is 14.3. The predicted molar refractivity (Wildman–Crippen MR) is 124 cm³/mol. The second-order valence-corrected chi connectivity index (χ2v) is 8.43. The highest BCUT2D eigenvalue weighted by Gasteiger charge is 2.37. The first-order valence-corrected chi connectivity index (χ1v) is 11.0. The minimum Gasteiger partial charge on any atom is -0.488 e. The van der Waals surface area contributed by atoms with Crippen LogP contribution in [0.1, 0.15) is 23.6 Å². The first-order chi connectivity index (χ1) is 17.1. The number of halogens is 6. The van der Waals surface area contributed by atoms with E-state index < -0.39 is 40.7 Å². The first kappa shape index (κ1) is 25.1. The summed E-state index contributed by atoms with van der Waals surface area (Å²) in [6, 6.07) is 13.7. The summed E-state index contributed by atoms with van der Waals surface area (Å²) >= 11 is 3.31. The Morgan fingerprint density at radius 3 is 2.33 bits per heavy atom. The lowest BCUT2D eigenvalue weighted by Crippen LogP contribution is -2.25. The summed E-state index contributed by atoms with van der Waals surface area (Å²) in [5, 5.41) is 13.1. The number of hydrogen-bond acceptors (Lipinski definition) is 4. The molecule has 0 unspecified atom stereocenters. The molecule has 3 aromatic carbocycles. The first-order valence-electron chi connectivity index (χ1n) is 10.2. The number of amides is 1. The van der Waals surface area contributed by atoms with Crippen LogP contribution in [-0.4, -0.2) is 11.6 Å². The van der Waals surface area contributed by atoms with Crippen molar-refractivity contribution in [3.05, 3.63) is 98.3 Å². The third-order valence-electron chi connectivity index (χ3n) is 5.25. The molecular formula is C25H13BrF5N3O2. The number of nitrogens with zero attached hydrogens (tertiary/aromatic N) is 3. The van der Waals surface area contributed by atoms with Crippen molar-refractivity contribution in [2.75, 3.05) is 5.01 Å². The molecule has 3 aromatic rings. The number of nitriles is 1. The molecule has 1 amide bonds. The monoisotopic (exact) mass is 561 g/mol. The van der Waals surface area contributed by atoms with E-state index in [2.05, 4.69) is 27.1 Å². The zero-order valence-electron chi connectivity index (χ0n) is 18.3. The van der Waals surface area contributed by atoms with E-state index in [0.29, 0.717) is 26.9 Å². The highest BCUT2D eigenvalue weighted by atomic mass is 79.9. The fourth-order valence-corrected chi connectivity index (χ4v) is 3.82. The average molecular weight is 562 g/mol. The molecular weight excluding hydrogens is 549 g/mol. The minimum absolute atomic E-state index is 0.0234. The van der Waals surface area contributed by atoms with E-state index in [9.17, 15) is 32.0 Å². The lowest BCUT2D eigenvalue weighted by Gasteiger charge is -2.15. The molecule has 0 saturated heterocycles. The topological polar surface area (TPSA) is 65.7 Å². The van der Waals surface area contributed by atoms with Gasteiger partial charge < -0.3 is 4.74 Å². The molecule has 0 bridgehead atoms. The molecule has 0 aromatic heterocycles. The van der Waals surface area contributed by atoms with Crippen LogP contribution >= 0.6 is 15.9 Å². The number of hydrazone groups is 1. The number of benzene rings is 3. The van der Waals surface area contributed by atoms with Crippen molar-refractivity contribution >= 4 is 39.3 Å². The van der Waals surface area contributed by atoms with Gasteiger partial charge >= 0.3 is 0 Å². The Morgan fingerprint density at radius 2 is 1.67 bits per heavy atom. The summed E-state index contributed by atoms with van der Waals surface area (Å²) in [6.45, 7) is 1.37. The Balaban J connectivity index is 1.71. The lowest BCUT2D eigenvalue weighted by molar-refractivity contribution is -0.114. The molecule has 0 fully saturated rings. The molecule has 0 N–H and O–H groups in total. The number of rotatable bonds is 5. The van der Waals surface area contributed by atoms with Crippen LogP contribution in [0.2, 0.25) is 0 Å². The van der Waals surface area contributed by atoms with Gasteiger partial charge in [-0.05, 0) is 37.3 Å². The number of anilines is 1. The Morgan fingerprint density at radius 1 is 1.03 bits per heavy atom. The van der Waals surface area contributed by atoms with E-state index in [1.165, 1.54) is 13.0 Å². The van der Waals surface area contributed by atoms with Gasteiger partial charge in [0.2, 0.25) is 5.82 Å². The van der Waals surface area contributed by atoms with Crippen LogP contribution in [0.4, 0.5) is 27.6 Å². The van der Waals surface area contributed by atoms with Crippen LogP contribution in [0.15, 0.2) is 57.6 Å². The van der Waals surface area contributed by atoms with E-state index in [1.54, 1.807) is 42.5 Å². The molecule has 0 spiro atoms. The molecule has 4 rings (SSSR count). The summed E-state index contributed by atoms with van der Waals surface area (Å²) in [4.78, 5) is 13.0. The van der Waals surface area contributed by atoms with Crippen molar-refractivity contribution < 1.29 is 31.5 Å². The quantitative estimate of drug-likeness (QED) is 0.157. The van der Waals surface area contributed by atoms with Gasteiger partial charge in [-0.2, -0.15) is 15.4 Å². The largest absolute Gasteiger partial charge is 0.488 e. The Hall–Kier alpha value is -4.04. The summed E-state index contributed by atoms with van der Waals surface area (Å²) in [5.74, 6) is -11.9. The fraction of sp³-hybridized carbons (Fsp3) is 0.0800. The third-order valence-corrected chi connectivity index (χ3v) is 5.75. The van der Waals surface area contributed by atoms with Crippen molar-refractivity contribution in [2.45, 2.75) is 13.5 Å². The number of hydrogen-bond donors (Lipinski definition) is 0. The summed E-state index contributed by atoms with van der Waals surface area (Å²) in [7, 11) is 0. The molecule has 1 aliphatic heterocycles. The van der Waals surface area contributed by atoms with Crippen LogP contribution in [0.3, 0.4) is 0 Å². The minimum atomic E-state index is -2.34. The highest BCUT2D eigenvalue weighted by Crippen LogP contribution is 2.35.